The smallest absolute Gasteiger partial charge is 0.139 e. The molecule has 0 aliphatic carbocycles. The number of rotatable bonds is 4. The van der Waals surface area contributed by atoms with Crippen LogP contribution >= 0.6 is 0 Å². The predicted octanol–water partition coefficient (Wildman–Crippen LogP) is 7.60. The van der Waals surface area contributed by atoms with Crippen molar-refractivity contribution in [2.24, 2.45) is 0 Å². The number of benzene rings is 1. The van der Waals surface area contributed by atoms with Gasteiger partial charge in [-0.2, -0.15) is 0 Å². The molecule has 4 nitrogen and oxygen atoms in total. The third-order valence-corrected chi connectivity index (χ3v) is 5.68. The van der Waals surface area contributed by atoms with Crippen LogP contribution in [0.15, 0.2) is 85.2 Å². The quantitative estimate of drug-likeness (QED) is 0.330. The summed E-state index contributed by atoms with van der Waals surface area (Å²) in [6.07, 6.45) is 3.62. The van der Waals surface area contributed by atoms with Crippen LogP contribution in [0.5, 0.6) is 0 Å². The minimum atomic E-state index is 0.00896. The van der Waals surface area contributed by atoms with Crippen LogP contribution in [0.2, 0.25) is 0 Å². The van der Waals surface area contributed by atoms with E-state index in [9.17, 15) is 0 Å². The molecule has 3 aromatic heterocycles. The maximum atomic E-state index is 5.00. The van der Waals surface area contributed by atoms with Crippen LogP contribution in [0.25, 0.3) is 11.4 Å². The minimum Gasteiger partial charge on any atom is -0.279 e. The molecule has 0 saturated carbocycles. The molecule has 3 heterocycles. The first-order valence-corrected chi connectivity index (χ1v) is 11.4. The summed E-state index contributed by atoms with van der Waals surface area (Å²) < 4.78 is 0. The molecule has 0 aliphatic heterocycles. The zero-order valence-corrected chi connectivity index (χ0v) is 20.4. The molecule has 0 unspecified atom stereocenters. The van der Waals surface area contributed by atoms with Gasteiger partial charge >= 0.3 is 0 Å². The van der Waals surface area contributed by atoms with Gasteiger partial charge in [0, 0.05) is 18.1 Å². The third kappa shape index (κ3) is 5.11. The van der Waals surface area contributed by atoms with Crippen molar-refractivity contribution in [2.75, 3.05) is 4.90 Å². The van der Waals surface area contributed by atoms with E-state index in [1.165, 1.54) is 11.1 Å². The van der Waals surface area contributed by atoms with Crippen molar-refractivity contribution in [3.63, 3.8) is 0 Å². The second kappa shape index (κ2) is 8.78. The zero-order chi connectivity index (χ0) is 23.6. The van der Waals surface area contributed by atoms with Crippen LogP contribution in [0.3, 0.4) is 0 Å². The average molecular weight is 437 g/mol. The molecule has 0 bridgehead atoms. The monoisotopic (exact) mass is 436 g/mol. The van der Waals surface area contributed by atoms with E-state index < -0.39 is 0 Å². The van der Waals surface area contributed by atoms with Crippen molar-refractivity contribution in [3.8, 4) is 11.4 Å². The van der Waals surface area contributed by atoms with Gasteiger partial charge in [-0.3, -0.25) is 9.88 Å². The topological polar surface area (TPSA) is 41.9 Å². The lowest BCUT2D eigenvalue weighted by atomic mass is 9.80. The molecule has 0 aliphatic rings. The van der Waals surface area contributed by atoms with E-state index in [-0.39, 0.29) is 10.8 Å². The molecule has 168 valence electrons. The van der Waals surface area contributed by atoms with E-state index in [1.54, 1.807) is 6.20 Å². The molecule has 4 rings (SSSR count). The second-order valence-electron chi connectivity index (χ2n) is 10.4. The zero-order valence-electron chi connectivity index (χ0n) is 20.4. The summed E-state index contributed by atoms with van der Waals surface area (Å²) in [5.74, 6) is 1.64. The molecule has 1 aromatic carbocycles. The summed E-state index contributed by atoms with van der Waals surface area (Å²) >= 11 is 0. The van der Waals surface area contributed by atoms with Crippen LogP contribution < -0.4 is 4.90 Å². The fraction of sp³-hybridized carbons (Fsp3) is 0.276. The molecule has 33 heavy (non-hydrogen) atoms. The van der Waals surface area contributed by atoms with Gasteiger partial charge in [0.05, 0.1) is 11.4 Å². The first-order chi connectivity index (χ1) is 15.6. The molecular formula is C29H32N4. The van der Waals surface area contributed by atoms with Crippen molar-refractivity contribution < 1.29 is 0 Å². The van der Waals surface area contributed by atoms with E-state index in [4.69, 9.17) is 4.98 Å². The summed E-state index contributed by atoms with van der Waals surface area (Å²) in [4.78, 5) is 16.3. The van der Waals surface area contributed by atoms with Crippen molar-refractivity contribution in [3.05, 3.63) is 96.3 Å². The van der Waals surface area contributed by atoms with Gasteiger partial charge in [0.1, 0.15) is 11.6 Å². The van der Waals surface area contributed by atoms with Crippen molar-refractivity contribution in [2.45, 2.75) is 52.4 Å². The van der Waals surface area contributed by atoms with Gasteiger partial charge in [0.2, 0.25) is 0 Å². The molecule has 0 amide bonds. The molecule has 4 heteroatoms. The summed E-state index contributed by atoms with van der Waals surface area (Å²) in [7, 11) is 0. The molecule has 0 fully saturated rings. The lowest BCUT2D eigenvalue weighted by Crippen LogP contribution is -2.20. The van der Waals surface area contributed by atoms with E-state index >= 15 is 0 Å². The van der Waals surface area contributed by atoms with Crippen molar-refractivity contribution in [1.29, 1.82) is 0 Å². The van der Waals surface area contributed by atoms with Crippen molar-refractivity contribution in [1.82, 2.24) is 15.0 Å². The summed E-state index contributed by atoms with van der Waals surface area (Å²) in [5, 5.41) is 0. The highest BCUT2D eigenvalue weighted by atomic mass is 15.2. The van der Waals surface area contributed by atoms with E-state index in [0.717, 1.165) is 28.7 Å². The Hall–Kier alpha value is -3.53. The minimum absolute atomic E-state index is 0.00896. The Morgan fingerprint density at radius 2 is 1.15 bits per heavy atom. The number of nitrogens with zero attached hydrogens (tertiary/aromatic N) is 4. The third-order valence-electron chi connectivity index (χ3n) is 5.68. The Balaban J connectivity index is 1.94. The summed E-state index contributed by atoms with van der Waals surface area (Å²) in [6.45, 7) is 13.5. The number of hydrogen-bond donors (Lipinski definition) is 0. The Morgan fingerprint density at radius 3 is 1.70 bits per heavy atom. The van der Waals surface area contributed by atoms with Crippen LogP contribution in [-0.4, -0.2) is 15.0 Å². The molecule has 4 aromatic rings. The van der Waals surface area contributed by atoms with Gasteiger partial charge < -0.3 is 0 Å². The highest BCUT2D eigenvalue weighted by molar-refractivity contribution is 5.74. The lowest BCUT2D eigenvalue weighted by Gasteiger charge is -2.30. The fourth-order valence-electron chi connectivity index (χ4n) is 3.68. The Morgan fingerprint density at radius 1 is 0.576 bits per heavy atom. The van der Waals surface area contributed by atoms with Crippen LogP contribution in [0.1, 0.15) is 52.7 Å². The molecule has 0 radical (unpaired) electrons. The number of pyridine rings is 3. The molecular weight excluding hydrogens is 404 g/mol. The maximum Gasteiger partial charge on any atom is 0.139 e. The Labute approximate surface area is 197 Å². The van der Waals surface area contributed by atoms with Gasteiger partial charge in [0.15, 0.2) is 0 Å². The summed E-state index contributed by atoms with van der Waals surface area (Å²) in [6, 6.07) is 24.8. The predicted molar refractivity (Wildman–Crippen MR) is 137 cm³/mol. The van der Waals surface area contributed by atoms with Gasteiger partial charge in [-0.15, -0.1) is 0 Å². The highest BCUT2D eigenvalue weighted by Crippen LogP contribution is 2.38. The normalized spacial score (nSPS) is 11.9. The number of aromatic nitrogens is 3. The van der Waals surface area contributed by atoms with Gasteiger partial charge in [-0.25, -0.2) is 9.97 Å². The largest absolute Gasteiger partial charge is 0.279 e. The first kappa shape index (κ1) is 22.7. The molecule has 0 spiro atoms. The number of anilines is 3. The molecule has 0 saturated heterocycles. The standard InChI is InChI=1S/C29H32N4/c1-28(2,3)21-18-22(29(4,5)6)20-23(19-21)33(26-14-8-10-17-31-26)27-15-11-13-25(32-27)24-12-7-9-16-30-24/h7-20H,1-6H3. The number of hydrogen-bond acceptors (Lipinski definition) is 4. The van der Waals surface area contributed by atoms with Crippen LogP contribution in [-0.2, 0) is 10.8 Å². The Bertz CT molecular complexity index is 1190. The Kier molecular flexibility index (Phi) is 6.03. The van der Waals surface area contributed by atoms with Crippen LogP contribution in [0.4, 0.5) is 17.3 Å². The van der Waals surface area contributed by atoms with Gasteiger partial charge in [-0.1, -0.05) is 65.8 Å². The molecule has 0 N–H and O–H groups in total. The SMILES string of the molecule is CC(C)(C)c1cc(N(c2ccccn2)c2cccc(-c3ccccn3)n2)cc(C(C)(C)C)c1. The van der Waals surface area contributed by atoms with Crippen LogP contribution in [0, 0.1) is 0 Å². The van der Waals surface area contributed by atoms with Crippen molar-refractivity contribution >= 4 is 17.3 Å². The lowest BCUT2D eigenvalue weighted by molar-refractivity contribution is 0.568. The highest BCUT2D eigenvalue weighted by Gasteiger charge is 2.24. The van der Waals surface area contributed by atoms with Gasteiger partial charge in [0.25, 0.3) is 0 Å². The average Bonchev–Trinajstić information content (AvgIpc) is 2.79. The maximum absolute atomic E-state index is 5.00. The second-order valence-corrected chi connectivity index (χ2v) is 10.4. The van der Waals surface area contributed by atoms with E-state index in [0.29, 0.717) is 0 Å². The van der Waals surface area contributed by atoms with E-state index in [2.05, 4.69) is 74.6 Å². The summed E-state index contributed by atoms with van der Waals surface area (Å²) in [5.41, 5.74) is 5.32. The van der Waals surface area contributed by atoms with Gasteiger partial charge in [-0.05, 0) is 70.5 Å². The van der Waals surface area contributed by atoms with E-state index in [1.807, 2.05) is 60.8 Å². The fourth-order valence-corrected chi connectivity index (χ4v) is 3.68. The molecule has 0 atom stereocenters. The first-order valence-electron chi connectivity index (χ1n) is 11.4.